The number of halogens is 3. The van der Waals surface area contributed by atoms with E-state index in [2.05, 4.69) is 10.3 Å². The van der Waals surface area contributed by atoms with Gasteiger partial charge in [-0.05, 0) is 24.3 Å². The second-order valence-corrected chi connectivity index (χ2v) is 5.08. The Labute approximate surface area is 133 Å². The fraction of sp³-hybridized carbons (Fsp3) is 0. The van der Waals surface area contributed by atoms with Crippen molar-refractivity contribution in [3.8, 4) is 0 Å². The first-order valence-electron chi connectivity index (χ1n) is 5.45. The van der Waals surface area contributed by atoms with Crippen LogP contribution in [0.25, 0.3) is 0 Å². The van der Waals surface area contributed by atoms with E-state index in [0.717, 1.165) is 0 Å². The molecule has 0 aliphatic carbocycles. The average molecular weight is 347 g/mol. The van der Waals surface area contributed by atoms with Gasteiger partial charge in [-0.15, -0.1) is 0 Å². The number of amides is 1. The molecule has 0 atom stereocenters. The number of nitro benzene ring substituents is 1. The molecule has 21 heavy (non-hydrogen) atoms. The molecule has 2 rings (SSSR count). The van der Waals surface area contributed by atoms with Crippen molar-refractivity contribution < 1.29 is 9.72 Å². The van der Waals surface area contributed by atoms with Gasteiger partial charge in [-0.3, -0.25) is 14.9 Å². The van der Waals surface area contributed by atoms with Gasteiger partial charge >= 0.3 is 0 Å². The first-order valence-corrected chi connectivity index (χ1v) is 6.58. The van der Waals surface area contributed by atoms with Gasteiger partial charge in [0.2, 0.25) is 0 Å². The van der Waals surface area contributed by atoms with E-state index >= 15 is 0 Å². The molecular weight excluding hydrogens is 341 g/mol. The number of nitrogens with zero attached hydrogens (tertiary/aromatic N) is 2. The Balaban J connectivity index is 2.35. The Hall–Kier alpha value is -1.89. The Morgan fingerprint density at radius 3 is 2.33 bits per heavy atom. The highest BCUT2D eigenvalue weighted by Crippen LogP contribution is 2.28. The average Bonchev–Trinajstić information content (AvgIpc) is 2.37. The zero-order chi connectivity index (χ0) is 15.6. The molecule has 6 nitrogen and oxygen atoms in total. The summed E-state index contributed by atoms with van der Waals surface area (Å²) in [5.74, 6) is -0.619. The van der Waals surface area contributed by atoms with Gasteiger partial charge in [-0.1, -0.05) is 34.8 Å². The van der Waals surface area contributed by atoms with Crippen molar-refractivity contribution in [1.82, 2.24) is 4.98 Å². The van der Waals surface area contributed by atoms with E-state index < -0.39 is 10.8 Å². The van der Waals surface area contributed by atoms with Crippen molar-refractivity contribution in [2.24, 2.45) is 0 Å². The molecule has 0 saturated heterocycles. The summed E-state index contributed by atoms with van der Waals surface area (Å²) < 4.78 is 0. The van der Waals surface area contributed by atoms with Crippen LogP contribution in [0.4, 0.5) is 11.4 Å². The summed E-state index contributed by atoms with van der Waals surface area (Å²) in [6.07, 6.45) is 0. The minimum Gasteiger partial charge on any atom is -0.316 e. The van der Waals surface area contributed by atoms with Gasteiger partial charge in [0.05, 0.1) is 4.92 Å². The maximum absolute atomic E-state index is 12.1. The molecule has 0 saturated carbocycles. The predicted octanol–water partition coefficient (Wildman–Crippen LogP) is 4.20. The third-order valence-electron chi connectivity index (χ3n) is 2.43. The zero-order valence-corrected chi connectivity index (χ0v) is 12.4. The van der Waals surface area contributed by atoms with Crippen molar-refractivity contribution >= 4 is 52.1 Å². The summed E-state index contributed by atoms with van der Waals surface area (Å²) in [6.45, 7) is 0. The van der Waals surface area contributed by atoms with Crippen molar-refractivity contribution in [2.75, 3.05) is 5.32 Å². The van der Waals surface area contributed by atoms with Crippen LogP contribution in [0.3, 0.4) is 0 Å². The number of rotatable bonds is 3. The quantitative estimate of drug-likeness (QED) is 0.512. The number of carbonyl (C=O) groups excluding carboxylic acids is 1. The lowest BCUT2D eigenvalue weighted by atomic mass is 10.2. The summed E-state index contributed by atoms with van der Waals surface area (Å²) in [4.78, 5) is 26.1. The van der Waals surface area contributed by atoms with E-state index in [1.54, 1.807) is 0 Å². The van der Waals surface area contributed by atoms with E-state index in [4.69, 9.17) is 34.8 Å². The molecule has 1 aromatic carbocycles. The fourth-order valence-corrected chi connectivity index (χ4v) is 2.19. The van der Waals surface area contributed by atoms with Gasteiger partial charge in [0.1, 0.15) is 16.0 Å². The molecule has 0 aliphatic heterocycles. The van der Waals surface area contributed by atoms with Crippen LogP contribution in [0.2, 0.25) is 15.3 Å². The third kappa shape index (κ3) is 3.81. The number of carbonyl (C=O) groups is 1. The van der Waals surface area contributed by atoms with Crippen molar-refractivity contribution in [2.45, 2.75) is 0 Å². The monoisotopic (exact) mass is 345 g/mol. The third-order valence-corrected chi connectivity index (χ3v) is 3.05. The van der Waals surface area contributed by atoms with E-state index in [1.807, 2.05) is 0 Å². The lowest BCUT2D eigenvalue weighted by Gasteiger charge is -2.07. The second kappa shape index (κ2) is 6.26. The smallest absolute Gasteiger partial charge is 0.292 e. The van der Waals surface area contributed by atoms with Crippen LogP contribution >= 0.6 is 34.8 Å². The molecular formula is C12H6Cl3N3O3. The van der Waals surface area contributed by atoms with E-state index in [-0.39, 0.29) is 32.3 Å². The lowest BCUT2D eigenvalue weighted by molar-refractivity contribution is -0.383. The number of pyridine rings is 1. The summed E-state index contributed by atoms with van der Waals surface area (Å²) >= 11 is 17.2. The van der Waals surface area contributed by atoms with Gasteiger partial charge < -0.3 is 5.32 Å². The van der Waals surface area contributed by atoms with Crippen LogP contribution in [-0.4, -0.2) is 15.8 Å². The highest BCUT2D eigenvalue weighted by molar-refractivity contribution is 6.33. The molecule has 2 aromatic rings. The van der Waals surface area contributed by atoms with E-state index in [9.17, 15) is 14.9 Å². The van der Waals surface area contributed by atoms with Gasteiger partial charge in [0, 0.05) is 16.7 Å². The molecule has 0 spiro atoms. The summed E-state index contributed by atoms with van der Waals surface area (Å²) in [7, 11) is 0. The molecule has 108 valence electrons. The normalized spacial score (nSPS) is 10.2. The van der Waals surface area contributed by atoms with Crippen molar-refractivity contribution in [3.63, 3.8) is 0 Å². The first kappa shape index (κ1) is 15.5. The fourth-order valence-electron chi connectivity index (χ4n) is 1.56. The van der Waals surface area contributed by atoms with Crippen LogP contribution in [0, 0.1) is 10.1 Å². The van der Waals surface area contributed by atoms with E-state index in [1.165, 1.54) is 30.3 Å². The van der Waals surface area contributed by atoms with Crippen LogP contribution < -0.4 is 5.32 Å². The molecule has 1 aromatic heterocycles. The Morgan fingerprint density at radius 2 is 1.76 bits per heavy atom. The summed E-state index contributed by atoms with van der Waals surface area (Å²) in [5, 5.41) is 13.6. The number of hydrogen-bond donors (Lipinski definition) is 1. The topological polar surface area (TPSA) is 85.1 Å². The highest BCUT2D eigenvalue weighted by atomic mass is 35.5. The van der Waals surface area contributed by atoms with Crippen LogP contribution in [0.1, 0.15) is 10.4 Å². The largest absolute Gasteiger partial charge is 0.316 e. The van der Waals surface area contributed by atoms with Crippen LogP contribution in [0.15, 0.2) is 30.3 Å². The Kier molecular flexibility index (Phi) is 4.62. The Bertz CT molecular complexity index is 717. The molecule has 1 heterocycles. The molecule has 0 unspecified atom stereocenters. The maximum atomic E-state index is 12.1. The molecule has 0 bridgehead atoms. The number of aromatic nitrogens is 1. The molecule has 1 N–H and O–H groups in total. The number of nitrogens with one attached hydrogen (secondary N) is 1. The zero-order valence-electron chi connectivity index (χ0n) is 10.1. The first-order chi connectivity index (χ1) is 9.86. The summed E-state index contributed by atoms with van der Waals surface area (Å²) in [5.41, 5.74) is -0.185. The number of benzene rings is 1. The predicted molar refractivity (Wildman–Crippen MR) is 80.3 cm³/mol. The minimum atomic E-state index is -0.627. The van der Waals surface area contributed by atoms with Gasteiger partial charge in [0.15, 0.2) is 0 Å². The molecule has 0 radical (unpaired) electrons. The minimum absolute atomic E-state index is 0.0263. The van der Waals surface area contributed by atoms with Crippen molar-refractivity contribution in [1.29, 1.82) is 0 Å². The van der Waals surface area contributed by atoms with Crippen LogP contribution in [0.5, 0.6) is 0 Å². The number of anilines is 1. The molecule has 0 fully saturated rings. The Morgan fingerprint density at radius 1 is 1.14 bits per heavy atom. The molecule has 1 amide bonds. The van der Waals surface area contributed by atoms with Gasteiger partial charge in [-0.25, -0.2) is 4.98 Å². The second-order valence-electron chi connectivity index (χ2n) is 3.87. The molecule has 0 aliphatic rings. The maximum Gasteiger partial charge on any atom is 0.292 e. The van der Waals surface area contributed by atoms with E-state index in [0.29, 0.717) is 0 Å². The lowest BCUT2D eigenvalue weighted by Crippen LogP contribution is -2.13. The number of hydrogen-bond acceptors (Lipinski definition) is 4. The van der Waals surface area contributed by atoms with Crippen molar-refractivity contribution in [3.05, 3.63) is 61.3 Å². The SMILES string of the molecule is O=C(Nc1cc(Cl)ccc1[N+](=O)[O-])c1cc(Cl)nc(Cl)c1. The van der Waals surface area contributed by atoms with Crippen LogP contribution in [-0.2, 0) is 0 Å². The standard InChI is InChI=1S/C12H6Cl3N3O3/c13-7-1-2-9(18(20)21)8(5-7)16-12(19)6-3-10(14)17-11(15)4-6/h1-5H,(H,16,19). The molecule has 9 heteroatoms. The highest BCUT2D eigenvalue weighted by Gasteiger charge is 2.17. The van der Waals surface area contributed by atoms with Gasteiger partial charge in [-0.2, -0.15) is 0 Å². The van der Waals surface area contributed by atoms with Gasteiger partial charge in [0.25, 0.3) is 11.6 Å². The number of nitro groups is 1. The summed E-state index contributed by atoms with van der Waals surface area (Å²) in [6, 6.07) is 6.42.